The van der Waals surface area contributed by atoms with Crippen LogP contribution in [-0.4, -0.2) is 13.0 Å². The van der Waals surface area contributed by atoms with Crippen molar-refractivity contribution in [3.8, 4) is 5.75 Å². The molecule has 0 bridgehead atoms. The van der Waals surface area contributed by atoms with E-state index >= 15 is 0 Å². The van der Waals surface area contributed by atoms with Crippen molar-refractivity contribution in [2.45, 2.75) is 6.18 Å². The van der Waals surface area contributed by atoms with Crippen molar-refractivity contribution in [3.63, 3.8) is 0 Å². The van der Waals surface area contributed by atoms with E-state index < -0.39 is 17.6 Å². The molecule has 4 nitrogen and oxygen atoms in total. The number of hydrogen-bond donors (Lipinski definition) is 2. The van der Waals surface area contributed by atoms with Crippen LogP contribution in [0.5, 0.6) is 5.75 Å². The Bertz CT molecular complexity index is 699. The number of methoxy groups -OCH3 is 1. The molecule has 7 heteroatoms. The minimum atomic E-state index is -4.56. The second-order valence-corrected chi connectivity index (χ2v) is 4.45. The molecule has 1 amide bonds. The van der Waals surface area contributed by atoms with Gasteiger partial charge in [0.1, 0.15) is 5.75 Å². The lowest BCUT2D eigenvalue weighted by Gasteiger charge is -2.14. The first-order valence-electron chi connectivity index (χ1n) is 6.24. The molecule has 0 atom stereocenters. The SMILES string of the molecule is COc1ccc(C(=O)Nc2ccccc2C(F)(F)F)c(N)c1. The Morgan fingerprint density at radius 3 is 2.45 bits per heavy atom. The number of benzene rings is 2. The van der Waals surface area contributed by atoms with E-state index in [-0.39, 0.29) is 16.9 Å². The van der Waals surface area contributed by atoms with Gasteiger partial charge in [-0.15, -0.1) is 0 Å². The summed E-state index contributed by atoms with van der Waals surface area (Å²) in [5.74, 6) is -0.276. The lowest BCUT2D eigenvalue weighted by molar-refractivity contribution is -0.136. The van der Waals surface area contributed by atoms with Gasteiger partial charge in [0, 0.05) is 11.8 Å². The molecular weight excluding hydrogens is 297 g/mol. The molecule has 0 radical (unpaired) electrons. The molecule has 0 aliphatic carbocycles. The van der Waals surface area contributed by atoms with Gasteiger partial charge in [-0.1, -0.05) is 12.1 Å². The molecule has 0 aliphatic rings. The zero-order valence-electron chi connectivity index (χ0n) is 11.6. The van der Waals surface area contributed by atoms with Gasteiger partial charge in [0.25, 0.3) is 5.91 Å². The second kappa shape index (κ2) is 5.97. The first-order valence-corrected chi connectivity index (χ1v) is 6.24. The van der Waals surface area contributed by atoms with Crippen LogP contribution in [0.25, 0.3) is 0 Å². The molecule has 0 aromatic heterocycles. The number of nitrogens with one attached hydrogen (secondary N) is 1. The highest BCUT2D eigenvalue weighted by Gasteiger charge is 2.33. The van der Waals surface area contributed by atoms with Crippen LogP contribution in [0.4, 0.5) is 24.5 Å². The number of ether oxygens (including phenoxy) is 1. The molecule has 0 fully saturated rings. The first kappa shape index (κ1) is 15.7. The van der Waals surface area contributed by atoms with Crippen molar-refractivity contribution < 1.29 is 22.7 Å². The molecule has 116 valence electrons. The standard InChI is InChI=1S/C15H13F3N2O2/c1-22-9-6-7-10(12(19)8-9)14(21)20-13-5-3-2-4-11(13)15(16,17)18/h2-8H,19H2,1H3,(H,20,21). The Balaban J connectivity index is 2.30. The molecule has 0 saturated carbocycles. The van der Waals surface area contributed by atoms with Gasteiger partial charge in [0.05, 0.1) is 23.9 Å². The summed E-state index contributed by atoms with van der Waals surface area (Å²) in [5, 5.41) is 2.23. The van der Waals surface area contributed by atoms with E-state index in [1.165, 1.54) is 43.5 Å². The van der Waals surface area contributed by atoms with Gasteiger partial charge in [-0.25, -0.2) is 0 Å². The molecule has 22 heavy (non-hydrogen) atoms. The maximum Gasteiger partial charge on any atom is 0.418 e. The Morgan fingerprint density at radius 2 is 1.86 bits per heavy atom. The molecule has 0 aliphatic heterocycles. The summed E-state index contributed by atoms with van der Waals surface area (Å²) in [6, 6.07) is 9.04. The molecular formula is C15H13F3N2O2. The van der Waals surface area contributed by atoms with Gasteiger partial charge in [-0.2, -0.15) is 13.2 Å². The van der Waals surface area contributed by atoms with Gasteiger partial charge >= 0.3 is 6.18 Å². The average molecular weight is 310 g/mol. The number of alkyl halides is 3. The molecule has 0 unspecified atom stereocenters. The van der Waals surface area contributed by atoms with Crippen LogP contribution in [0, 0.1) is 0 Å². The van der Waals surface area contributed by atoms with E-state index in [4.69, 9.17) is 10.5 Å². The quantitative estimate of drug-likeness (QED) is 0.852. The number of carbonyl (C=O) groups excluding carboxylic acids is 1. The Labute approximate surface area is 124 Å². The lowest BCUT2D eigenvalue weighted by atomic mass is 10.1. The van der Waals surface area contributed by atoms with E-state index in [2.05, 4.69) is 5.32 Å². The van der Waals surface area contributed by atoms with Gasteiger partial charge in [0.2, 0.25) is 0 Å². The van der Waals surface area contributed by atoms with Crippen molar-refractivity contribution in [2.24, 2.45) is 0 Å². The summed E-state index contributed by atoms with van der Waals surface area (Å²) >= 11 is 0. The highest BCUT2D eigenvalue weighted by atomic mass is 19.4. The highest BCUT2D eigenvalue weighted by Crippen LogP contribution is 2.35. The van der Waals surface area contributed by atoms with Gasteiger partial charge in [-0.05, 0) is 24.3 Å². The topological polar surface area (TPSA) is 64.3 Å². The molecule has 3 N–H and O–H groups in total. The zero-order valence-corrected chi connectivity index (χ0v) is 11.6. The van der Waals surface area contributed by atoms with E-state index in [0.29, 0.717) is 5.75 Å². The number of para-hydroxylation sites is 1. The number of amides is 1. The summed E-state index contributed by atoms with van der Waals surface area (Å²) in [7, 11) is 1.44. The summed E-state index contributed by atoms with van der Waals surface area (Å²) in [6.45, 7) is 0. The molecule has 0 spiro atoms. The van der Waals surface area contributed by atoms with Crippen molar-refractivity contribution in [1.29, 1.82) is 0 Å². The van der Waals surface area contributed by atoms with Crippen molar-refractivity contribution >= 4 is 17.3 Å². The zero-order chi connectivity index (χ0) is 16.3. The highest BCUT2D eigenvalue weighted by molar-refractivity contribution is 6.08. The second-order valence-electron chi connectivity index (χ2n) is 4.45. The predicted molar refractivity (Wildman–Crippen MR) is 76.8 cm³/mol. The van der Waals surface area contributed by atoms with Crippen LogP contribution in [0.2, 0.25) is 0 Å². The fourth-order valence-electron chi connectivity index (χ4n) is 1.90. The van der Waals surface area contributed by atoms with Crippen LogP contribution in [0.1, 0.15) is 15.9 Å². The number of carbonyl (C=O) groups is 1. The van der Waals surface area contributed by atoms with Crippen LogP contribution in [0.3, 0.4) is 0 Å². The Kier molecular flexibility index (Phi) is 4.25. The largest absolute Gasteiger partial charge is 0.497 e. The van der Waals surface area contributed by atoms with Crippen molar-refractivity contribution in [1.82, 2.24) is 0 Å². The smallest absolute Gasteiger partial charge is 0.418 e. The minimum Gasteiger partial charge on any atom is -0.497 e. The number of nitrogens with two attached hydrogens (primary N) is 1. The third-order valence-electron chi connectivity index (χ3n) is 2.98. The molecule has 2 rings (SSSR count). The molecule has 2 aromatic rings. The summed E-state index contributed by atoms with van der Waals surface area (Å²) in [6.07, 6.45) is -4.56. The van der Waals surface area contributed by atoms with E-state index in [9.17, 15) is 18.0 Å². The van der Waals surface area contributed by atoms with Gasteiger partial charge < -0.3 is 15.8 Å². The third kappa shape index (κ3) is 3.30. The van der Waals surface area contributed by atoms with Crippen LogP contribution in [-0.2, 0) is 6.18 Å². The summed E-state index contributed by atoms with van der Waals surface area (Å²) in [5.41, 5.74) is 4.65. The van der Waals surface area contributed by atoms with E-state index in [1.54, 1.807) is 0 Å². The van der Waals surface area contributed by atoms with E-state index in [0.717, 1.165) is 6.07 Å². The Morgan fingerprint density at radius 1 is 1.18 bits per heavy atom. The van der Waals surface area contributed by atoms with Crippen LogP contribution in [0.15, 0.2) is 42.5 Å². The van der Waals surface area contributed by atoms with Gasteiger partial charge in [0.15, 0.2) is 0 Å². The van der Waals surface area contributed by atoms with Crippen LogP contribution >= 0.6 is 0 Å². The van der Waals surface area contributed by atoms with Gasteiger partial charge in [-0.3, -0.25) is 4.79 Å². The van der Waals surface area contributed by atoms with Crippen LogP contribution < -0.4 is 15.8 Å². The molecule has 0 heterocycles. The van der Waals surface area contributed by atoms with E-state index in [1.807, 2.05) is 0 Å². The van der Waals surface area contributed by atoms with Crippen molar-refractivity contribution in [2.75, 3.05) is 18.2 Å². The summed E-state index contributed by atoms with van der Waals surface area (Å²) in [4.78, 5) is 12.1. The number of rotatable bonds is 3. The number of nitrogen functional groups attached to an aromatic ring is 1. The number of anilines is 2. The summed E-state index contributed by atoms with van der Waals surface area (Å²) < 4.78 is 43.6. The predicted octanol–water partition coefficient (Wildman–Crippen LogP) is 3.55. The molecule has 0 saturated heterocycles. The van der Waals surface area contributed by atoms with Crippen molar-refractivity contribution in [3.05, 3.63) is 53.6 Å². The maximum absolute atomic E-state index is 12.9. The lowest BCUT2D eigenvalue weighted by Crippen LogP contribution is -2.17. The molecule has 2 aromatic carbocycles. The third-order valence-corrected chi connectivity index (χ3v) is 2.98. The maximum atomic E-state index is 12.9. The minimum absolute atomic E-state index is 0.0674. The number of halogens is 3. The Hall–Kier alpha value is -2.70. The monoisotopic (exact) mass is 310 g/mol. The average Bonchev–Trinajstić information content (AvgIpc) is 2.46. The fraction of sp³-hybridized carbons (Fsp3) is 0.133. The first-order chi connectivity index (χ1) is 10.3. The normalized spacial score (nSPS) is 11.1. The fourth-order valence-corrected chi connectivity index (χ4v) is 1.90. The number of hydrogen-bond acceptors (Lipinski definition) is 3.